The Bertz CT molecular complexity index is 1240. The van der Waals surface area contributed by atoms with E-state index in [0.29, 0.717) is 18.6 Å². The number of amides is 1. The lowest BCUT2D eigenvalue weighted by Crippen LogP contribution is -2.25. The number of hydrogen-bond donors (Lipinski definition) is 2. The second kappa shape index (κ2) is 7.25. The molecule has 8 nitrogen and oxygen atoms in total. The maximum Gasteiger partial charge on any atom is 0.306 e. The molecule has 0 unspecified atom stereocenters. The van der Waals surface area contributed by atoms with Gasteiger partial charge in [0.05, 0.1) is 24.8 Å². The van der Waals surface area contributed by atoms with Gasteiger partial charge in [0.2, 0.25) is 5.91 Å². The summed E-state index contributed by atoms with van der Waals surface area (Å²) in [5, 5.41) is 5.12. The molecule has 0 bridgehead atoms. The first-order valence-electron chi connectivity index (χ1n) is 8.89. The number of carbonyl (C=O) groups excluding carboxylic acids is 1. The molecule has 9 heteroatoms. The molecule has 2 N–H and O–H groups in total. The predicted octanol–water partition coefficient (Wildman–Crippen LogP) is 2.80. The summed E-state index contributed by atoms with van der Waals surface area (Å²) >= 11 is 0. The highest BCUT2D eigenvalue weighted by Crippen LogP contribution is 2.35. The number of rotatable bonds is 5. The number of fused-ring (bicyclic) bond motifs is 1. The fourth-order valence-electron chi connectivity index (χ4n) is 3.26. The number of nitrogens with zero attached hydrogens (tertiary/aromatic N) is 1. The second-order valence-corrected chi connectivity index (χ2v) is 8.30. The average Bonchev–Trinajstić information content (AvgIpc) is 3.10. The normalized spacial score (nSPS) is 14.4. The summed E-state index contributed by atoms with van der Waals surface area (Å²) in [4.78, 5) is 14.6. The first kappa shape index (κ1) is 19.0. The molecule has 0 saturated heterocycles. The first-order chi connectivity index (χ1) is 13.8. The van der Waals surface area contributed by atoms with E-state index >= 15 is 0 Å². The Hall–Kier alpha value is -3.33. The van der Waals surface area contributed by atoms with E-state index in [0.717, 1.165) is 39.7 Å². The van der Waals surface area contributed by atoms with Crippen LogP contribution in [-0.2, 0) is 14.9 Å². The summed E-state index contributed by atoms with van der Waals surface area (Å²) < 4.78 is 33.1. The van der Waals surface area contributed by atoms with Crippen LogP contribution in [0.2, 0.25) is 0 Å². The minimum Gasteiger partial charge on any atom is -0.496 e. The van der Waals surface area contributed by atoms with Gasteiger partial charge in [-0.2, -0.15) is 13.5 Å². The van der Waals surface area contributed by atoms with Crippen LogP contribution < -0.4 is 14.3 Å². The lowest BCUT2D eigenvalue weighted by Gasteiger charge is -2.11. The van der Waals surface area contributed by atoms with Crippen molar-refractivity contribution in [2.75, 3.05) is 13.4 Å². The van der Waals surface area contributed by atoms with Crippen LogP contribution >= 0.6 is 0 Å². The summed E-state index contributed by atoms with van der Waals surface area (Å²) in [6.07, 6.45) is 2.02. The third-order valence-electron chi connectivity index (χ3n) is 4.57. The molecule has 0 spiro atoms. The van der Waals surface area contributed by atoms with Crippen molar-refractivity contribution >= 4 is 32.6 Å². The highest BCUT2D eigenvalue weighted by atomic mass is 32.2. The van der Waals surface area contributed by atoms with Crippen molar-refractivity contribution < 1.29 is 22.1 Å². The van der Waals surface area contributed by atoms with Crippen molar-refractivity contribution in [3.8, 4) is 22.8 Å². The molecule has 2 aromatic carbocycles. The molecule has 0 radical (unpaired) electrons. The molecule has 0 aliphatic carbocycles. The molecule has 0 fully saturated rings. The fraction of sp³-hybridized carbons (Fsp3) is 0.200. The second-order valence-electron chi connectivity index (χ2n) is 6.73. The maximum absolute atomic E-state index is 11.4. The fourth-order valence-corrected chi connectivity index (χ4v) is 3.71. The molecule has 0 atom stereocenters. The minimum atomic E-state index is -3.62. The van der Waals surface area contributed by atoms with Crippen LogP contribution in [0, 0.1) is 0 Å². The van der Waals surface area contributed by atoms with Crippen molar-refractivity contribution in [3.05, 3.63) is 48.0 Å². The van der Waals surface area contributed by atoms with E-state index in [2.05, 4.69) is 15.5 Å². The summed E-state index contributed by atoms with van der Waals surface area (Å²) in [5.41, 5.74) is 6.83. The molecule has 0 saturated carbocycles. The van der Waals surface area contributed by atoms with E-state index in [4.69, 9.17) is 8.92 Å². The van der Waals surface area contributed by atoms with Crippen LogP contribution in [-0.4, -0.2) is 38.4 Å². The molecule has 3 aromatic rings. The van der Waals surface area contributed by atoms with Crippen LogP contribution in [0.5, 0.6) is 11.5 Å². The lowest BCUT2D eigenvalue weighted by molar-refractivity contribution is -0.121. The Morgan fingerprint density at radius 3 is 2.59 bits per heavy atom. The maximum atomic E-state index is 11.4. The van der Waals surface area contributed by atoms with Gasteiger partial charge in [-0.3, -0.25) is 4.79 Å². The summed E-state index contributed by atoms with van der Waals surface area (Å²) in [6.45, 7) is 0. The Balaban J connectivity index is 1.70. The number of nitrogens with one attached hydrogen (secondary N) is 2. The van der Waals surface area contributed by atoms with Crippen molar-refractivity contribution in [2.24, 2.45) is 5.10 Å². The number of aromatic amines is 1. The molecular weight excluding hydrogens is 394 g/mol. The number of hydrazone groups is 1. The van der Waals surface area contributed by atoms with Gasteiger partial charge in [0.15, 0.2) is 0 Å². The number of carbonyl (C=O) groups is 1. The Morgan fingerprint density at radius 1 is 1.07 bits per heavy atom. The topological polar surface area (TPSA) is 110 Å². The van der Waals surface area contributed by atoms with Crippen molar-refractivity contribution in [2.45, 2.75) is 12.8 Å². The molecule has 1 aliphatic rings. The van der Waals surface area contributed by atoms with E-state index < -0.39 is 10.1 Å². The van der Waals surface area contributed by atoms with Crippen LogP contribution in [0.4, 0.5) is 0 Å². The Morgan fingerprint density at radius 2 is 1.90 bits per heavy atom. The molecule has 1 amide bonds. The predicted molar refractivity (Wildman–Crippen MR) is 110 cm³/mol. The van der Waals surface area contributed by atoms with Gasteiger partial charge in [0, 0.05) is 35.4 Å². The van der Waals surface area contributed by atoms with Crippen LogP contribution in [0.3, 0.4) is 0 Å². The van der Waals surface area contributed by atoms with E-state index in [-0.39, 0.29) is 11.7 Å². The summed E-state index contributed by atoms with van der Waals surface area (Å²) in [6, 6.07) is 12.8. The smallest absolute Gasteiger partial charge is 0.306 e. The van der Waals surface area contributed by atoms with Gasteiger partial charge < -0.3 is 13.9 Å². The standard InChI is InChI=1S/C20H19N3O5S/c1-27-19-11-14(28-29(2,25)26)4-5-15(19)18-10-13-9-12(3-6-16(13)21-18)17-7-8-20(24)23-22-17/h3-6,9-11,21H,7-8H2,1-2H3,(H,23,24). The molecule has 1 aromatic heterocycles. The number of ether oxygens (including phenoxy) is 1. The SMILES string of the molecule is COc1cc(OS(C)(=O)=O)ccc1-c1cc2cc(C3=NNC(=O)CC3)ccc2[nH]1. The Kier molecular flexibility index (Phi) is 4.75. The van der Waals surface area contributed by atoms with Gasteiger partial charge in [-0.05, 0) is 35.9 Å². The highest BCUT2D eigenvalue weighted by molar-refractivity contribution is 7.86. The number of hydrogen-bond acceptors (Lipinski definition) is 6. The zero-order valence-electron chi connectivity index (χ0n) is 15.9. The van der Waals surface area contributed by atoms with Crippen LogP contribution in [0.1, 0.15) is 18.4 Å². The van der Waals surface area contributed by atoms with E-state index in [9.17, 15) is 13.2 Å². The number of H-pyrrole nitrogens is 1. The lowest BCUT2D eigenvalue weighted by atomic mass is 10.0. The van der Waals surface area contributed by atoms with Crippen molar-refractivity contribution in [3.63, 3.8) is 0 Å². The Labute approximate surface area is 167 Å². The van der Waals surface area contributed by atoms with Crippen LogP contribution in [0.15, 0.2) is 47.6 Å². The third-order valence-corrected chi connectivity index (χ3v) is 5.06. The molecule has 4 rings (SSSR count). The molecular formula is C20H19N3O5S. The number of benzene rings is 2. The van der Waals surface area contributed by atoms with Crippen LogP contribution in [0.25, 0.3) is 22.2 Å². The van der Waals surface area contributed by atoms with Gasteiger partial charge in [-0.1, -0.05) is 6.07 Å². The molecule has 2 heterocycles. The van der Waals surface area contributed by atoms with Gasteiger partial charge in [0.25, 0.3) is 0 Å². The quantitative estimate of drug-likeness (QED) is 0.625. The molecule has 29 heavy (non-hydrogen) atoms. The summed E-state index contributed by atoms with van der Waals surface area (Å²) in [5.74, 6) is 0.593. The van der Waals surface area contributed by atoms with Crippen molar-refractivity contribution in [1.82, 2.24) is 10.4 Å². The van der Waals surface area contributed by atoms with E-state index in [1.54, 1.807) is 12.1 Å². The number of methoxy groups -OCH3 is 1. The minimum absolute atomic E-state index is 0.0749. The molecule has 1 aliphatic heterocycles. The average molecular weight is 413 g/mol. The van der Waals surface area contributed by atoms with Gasteiger partial charge in [0.1, 0.15) is 11.5 Å². The molecule has 150 valence electrons. The third kappa shape index (κ3) is 4.09. The summed E-state index contributed by atoms with van der Waals surface area (Å²) in [7, 11) is -2.11. The number of aromatic nitrogens is 1. The zero-order chi connectivity index (χ0) is 20.6. The van der Waals surface area contributed by atoms with Crippen molar-refractivity contribution in [1.29, 1.82) is 0 Å². The monoisotopic (exact) mass is 413 g/mol. The first-order valence-corrected chi connectivity index (χ1v) is 10.7. The van der Waals surface area contributed by atoms with E-state index in [1.807, 2.05) is 24.3 Å². The van der Waals surface area contributed by atoms with Gasteiger partial charge in [-0.15, -0.1) is 0 Å². The van der Waals surface area contributed by atoms with Gasteiger partial charge in [-0.25, -0.2) is 5.43 Å². The van der Waals surface area contributed by atoms with E-state index in [1.165, 1.54) is 13.2 Å². The largest absolute Gasteiger partial charge is 0.496 e. The zero-order valence-corrected chi connectivity index (χ0v) is 16.7. The van der Waals surface area contributed by atoms with Gasteiger partial charge >= 0.3 is 10.1 Å². The highest BCUT2D eigenvalue weighted by Gasteiger charge is 2.16.